The Morgan fingerprint density at radius 1 is 0.935 bits per heavy atom. The lowest BCUT2D eigenvalue weighted by molar-refractivity contribution is 0.331. The number of ether oxygens (including phenoxy) is 1. The SMILES string of the molecule is COc1ccc(-c2cccc(CN3CCCC3)c2)cc1C(N)c1cc2ccccc2o1. The number of furan rings is 1. The van der Waals surface area contributed by atoms with Gasteiger partial charge < -0.3 is 14.9 Å². The van der Waals surface area contributed by atoms with Crippen LogP contribution in [0.1, 0.15) is 35.8 Å². The van der Waals surface area contributed by atoms with Crippen LogP contribution < -0.4 is 10.5 Å². The molecule has 0 aliphatic carbocycles. The fraction of sp³-hybridized carbons (Fsp3) is 0.259. The number of nitrogens with two attached hydrogens (primary N) is 1. The zero-order chi connectivity index (χ0) is 21.2. The standard InChI is InChI=1S/C27H28N2O2/c1-30-25-12-11-21(20-9-6-7-19(15-20)18-29-13-4-5-14-29)16-23(25)27(28)26-17-22-8-2-3-10-24(22)31-26/h2-3,6-12,15-17,27H,4-5,13-14,18,28H2,1H3. The van der Waals surface area contributed by atoms with E-state index >= 15 is 0 Å². The van der Waals surface area contributed by atoms with E-state index in [1.807, 2.05) is 36.4 Å². The molecule has 0 saturated carbocycles. The maximum absolute atomic E-state index is 6.66. The second-order valence-corrected chi connectivity index (χ2v) is 8.30. The van der Waals surface area contributed by atoms with Crippen LogP contribution in [0.4, 0.5) is 0 Å². The molecule has 0 radical (unpaired) electrons. The summed E-state index contributed by atoms with van der Waals surface area (Å²) >= 11 is 0. The summed E-state index contributed by atoms with van der Waals surface area (Å²) in [4.78, 5) is 2.52. The Morgan fingerprint density at radius 2 is 1.74 bits per heavy atom. The summed E-state index contributed by atoms with van der Waals surface area (Å²) in [5.74, 6) is 1.50. The summed E-state index contributed by atoms with van der Waals surface area (Å²) in [5, 5.41) is 1.05. The van der Waals surface area contributed by atoms with Crippen molar-refractivity contribution in [1.29, 1.82) is 0 Å². The van der Waals surface area contributed by atoms with E-state index in [9.17, 15) is 0 Å². The smallest absolute Gasteiger partial charge is 0.134 e. The van der Waals surface area contributed by atoms with E-state index in [0.29, 0.717) is 0 Å². The van der Waals surface area contributed by atoms with Crippen LogP contribution in [0.5, 0.6) is 5.75 Å². The third-order valence-corrected chi connectivity index (χ3v) is 6.18. The average molecular weight is 413 g/mol. The van der Waals surface area contributed by atoms with Crippen molar-refractivity contribution in [3.8, 4) is 16.9 Å². The molecule has 1 aliphatic heterocycles. The number of fused-ring (bicyclic) bond motifs is 1. The van der Waals surface area contributed by atoms with Gasteiger partial charge in [0.2, 0.25) is 0 Å². The molecule has 2 N–H and O–H groups in total. The highest BCUT2D eigenvalue weighted by atomic mass is 16.5. The third-order valence-electron chi connectivity index (χ3n) is 6.18. The molecule has 1 atom stereocenters. The maximum atomic E-state index is 6.66. The molecule has 158 valence electrons. The van der Waals surface area contributed by atoms with Crippen LogP contribution in [0.25, 0.3) is 22.1 Å². The highest BCUT2D eigenvalue weighted by Crippen LogP contribution is 2.35. The number of benzene rings is 3. The zero-order valence-electron chi connectivity index (χ0n) is 17.9. The summed E-state index contributed by atoms with van der Waals surface area (Å²) in [7, 11) is 1.68. The Bertz CT molecular complexity index is 1160. The predicted molar refractivity (Wildman–Crippen MR) is 125 cm³/mol. The Morgan fingerprint density at radius 3 is 2.55 bits per heavy atom. The first-order chi connectivity index (χ1) is 15.2. The van der Waals surface area contributed by atoms with Crippen LogP contribution in [0.2, 0.25) is 0 Å². The van der Waals surface area contributed by atoms with Crippen molar-refractivity contribution in [3.63, 3.8) is 0 Å². The number of rotatable bonds is 6. The lowest BCUT2D eigenvalue weighted by Crippen LogP contribution is -2.18. The van der Waals surface area contributed by atoms with Crippen molar-refractivity contribution in [2.75, 3.05) is 20.2 Å². The Labute approximate surface area is 183 Å². The van der Waals surface area contributed by atoms with Gasteiger partial charge in [0.15, 0.2) is 0 Å². The van der Waals surface area contributed by atoms with Gasteiger partial charge in [-0.25, -0.2) is 0 Å². The van der Waals surface area contributed by atoms with E-state index < -0.39 is 6.04 Å². The van der Waals surface area contributed by atoms with Gasteiger partial charge in [-0.2, -0.15) is 0 Å². The summed E-state index contributed by atoms with van der Waals surface area (Å²) in [5.41, 5.74) is 12.1. The number of para-hydroxylation sites is 1. The lowest BCUT2D eigenvalue weighted by atomic mass is 9.96. The third kappa shape index (κ3) is 4.09. The van der Waals surface area contributed by atoms with Crippen molar-refractivity contribution >= 4 is 11.0 Å². The number of likely N-dealkylation sites (tertiary alicyclic amines) is 1. The van der Waals surface area contributed by atoms with E-state index in [-0.39, 0.29) is 0 Å². The van der Waals surface area contributed by atoms with E-state index in [1.54, 1.807) is 7.11 Å². The first kappa shape index (κ1) is 19.9. The zero-order valence-corrected chi connectivity index (χ0v) is 17.9. The Hall–Kier alpha value is -3.08. The number of nitrogens with zero attached hydrogens (tertiary/aromatic N) is 1. The molecule has 31 heavy (non-hydrogen) atoms. The van der Waals surface area contributed by atoms with Gasteiger partial charge in [-0.1, -0.05) is 42.5 Å². The minimum Gasteiger partial charge on any atom is -0.496 e. The average Bonchev–Trinajstić information content (AvgIpc) is 3.48. The summed E-state index contributed by atoms with van der Waals surface area (Å²) in [6, 6.07) is 24.6. The minimum atomic E-state index is -0.407. The van der Waals surface area contributed by atoms with Gasteiger partial charge in [0.05, 0.1) is 13.2 Å². The summed E-state index contributed by atoms with van der Waals surface area (Å²) in [6.45, 7) is 3.40. The van der Waals surface area contributed by atoms with Crippen LogP contribution >= 0.6 is 0 Å². The van der Waals surface area contributed by atoms with Crippen molar-refractivity contribution in [2.24, 2.45) is 5.73 Å². The first-order valence-corrected chi connectivity index (χ1v) is 10.9. The second-order valence-electron chi connectivity index (χ2n) is 8.30. The van der Waals surface area contributed by atoms with Crippen molar-refractivity contribution in [3.05, 3.63) is 89.7 Å². The van der Waals surface area contributed by atoms with E-state index in [4.69, 9.17) is 14.9 Å². The van der Waals surface area contributed by atoms with E-state index in [1.165, 1.54) is 37.1 Å². The van der Waals surface area contributed by atoms with Gasteiger partial charge in [-0.05, 0) is 73.0 Å². The van der Waals surface area contributed by atoms with Gasteiger partial charge >= 0.3 is 0 Å². The van der Waals surface area contributed by atoms with Crippen LogP contribution in [0.3, 0.4) is 0 Å². The summed E-state index contributed by atoms with van der Waals surface area (Å²) < 4.78 is 11.7. The van der Waals surface area contributed by atoms with Crippen LogP contribution in [-0.2, 0) is 6.54 Å². The maximum Gasteiger partial charge on any atom is 0.134 e. The Kier molecular flexibility index (Phi) is 5.49. The fourth-order valence-electron chi connectivity index (χ4n) is 4.51. The van der Waals surface area contributed by atoms with Crippen molar-refractivity contribution in [2.45, 2.75) is 25.4 Å². The monoisotopic (exact) mass is 412 g/mol. The number of hydrogen-bond donors (Lipinski definition) is 1. The minimum absolute atomic E-state index is 0.407. The molecule has 0 bridgehead atoms. The quantitative estimate of drug-likeness (QED) is 0.438. The van der Waals surface area contributed by atoms with Crippen LogP contribution in [0, 0.1) is 0 Å². The van der Waals surface area contributed by atoms with Crippen molar-refractivity contribution < 1.29 is 9.15 Å². The number of methoxy groups -OCH3 is 1. The molecule has 5 rings (SSSR count). The van der Waals surface area contributed by atoms with Gasteiger partial charge in [0, 0.05) is 17.5 Å². The molecule has 4 heteroatoms. The van der Waals surface area contributed by atoms with Crippen LogP contribution in [0.15, 0.2) is 77.2 Å². The molecular formula is C27H28N2O2. The van der Waals surface area contributed by atoms with Gasteiger partial charge in [-0.15, -0.1) is 0 Å². The number of hydrogen-bond acceptors (Lipinski definition) is 4. The van der Waals surface area contributed by atoms with E-state index in [0.717, 1.165) is 40.2 Å². The summed E-state index contributed by atoms with van der Waals surface area (Å²) in [6.07, 6.45) is 2.61. The first-order valence-electron chi connectivity index (χ1n) is 10.9. The molecule has 0 amide bonds. The van der Waals surface area contributed by atoms with E-state index in [2.05, 4.69) is 41.3 Å². The molecule has 2 heterocycles. The van der Waals surface area contributed by atoms with Gasteiger partial charge in [0.1, 0.15) is 17.1 Å². The lowest BCUT2D eigenvalue weighted by Gasteiger charge is -2.17. The van der Waals surface area contributed by atoms with Gasteiger partial charge in [-0.3, -0.25) is 4.90 Å². The molecule has 1 unspecified atom stereocenters. The topological polar surface area (TPSA) is 51.6 Å². The fourth-order valence-corrected chi connectivity index (χ4v) is 4.51. The predicted octanol–water partition coefficient (Wildman–Crippen LogP) is 5.75. The molecular weight excluding hydrogens is 384 g/mol. The highest BCUT2D eigenvalue weighted by molar-refractivity contribution is 5.78. The molecule has 1 saturated heterocycles. The molecule has 1 fully saturated rings. The second kappa shape index (κ2) is 8.58. The molecule has 1 aliphatic rings. The molecule has 4 nitrogen and oxygen atoms in total. The molecule has 3 aromatic carbocycles. The normalized spacial score (nSPS) is 15.4. The van der Waals surface area contributed by atoms with Gasteiger partial charge in [0.25, 0.3) is 0 Å². The highest BCUT2D eigenvalue weighted by Gasteiger charge is 2.19. The molecule has 4 aromatic rings. The van der Waals surface area contributed by atoms with Crippen molar-refractivity contribution in [1.82, 2.24) is 4.90 Å². The largest absolute Gasteiger partial charge is 0.496 e. The van der Waals surface area contributed by atoms with Crippen LogP contribution in [-0.4, -0.2) is 25.1 Å². The Balaban J connectivity index is 1.48. The molecule has 1 aromatic heterocycles. The molecule has 0 spiro atoms.